The van der Waals surface area contributed by atoms with E-state index in [1.54, 1.807) is 30.5 Å². The van der Waals surface area contributed by atoms with Gasteiger partial charge in [0.1, 0.15) is 5.54 Å². The summed E-state index contributed by atoms with van der Waals surface area (Å²) >= 11 is 0. The largest absolute Gasteiger partial charge is 0.339 e. The number of imide groups is 1. The molecule has 2 aliphatic rings. The molecule has 2 N–H and O–H groups in total. The summed E-state index contributed by atoms with van der Waals surface area (Å²) in [5, 5.41) is 13.9. The van der Waals surface area contributed by atoms with E-state index in [9.17, 15) is 14.4 Å². The molecule has 1 aromatic carbocycles. The fourth-order valence-corrected chi connectivity index (χ4v) is 5.13. The van der Waals surface area contributed by atoms with Crippen molar-refractivity contribution in [3.8, 4) is 11.4 Å². The Morgan fingerprint density at radius 2 is 1.76 bits per heavy atom. The highest BCUT2D eigenvalue weighted by Crippen LogP contribution is 2.41. The van der Waals surface area contributed by atoms with Crippen molar-refractivity contribution in [2.24, 2.45) is 0 Å². The molecule has 38 heavy (non-hydrogen) atoms. The third-order valence-corrected chi connectivity index (χ3v) is 7.18. The molecular formula is C25H24N10O3. The Labute approximate surface area is 216 Å². The zero-order valence-electron chi connectivity index (χ0n) is 20.5. The zero-order chi connectivity index (χ0) is 26.3. The van der Waals surface area contributed by atoms with Crippen LogP contribution in [0.1, 0.15) is 24.1 Å². The SMILES string of the molecule is Cc1cccnc1CN1CCC2(CC1)C(=O)N(c1ccc(-c3nn[nH]n3)cc1)C(=O)N2c1nccc(=O)[nH]1. The van der Waals surface area contributed by atoms with Crippen LogP contribution in [0.4, 0.5) is 16.4 Å². The first kappa shape index (κ1) is 23.6. The van der Waals surface area contributed by atoms with Gasteiger partial charge in [-0.2, -0.15) is 5.21 Å². The smallest absolute Gasteiger partial charge is 0.297 e. The lowest BCUT2D eigenvalue weighted by molar-refractivity contribution is -0.123. The standard InChI is InChI=1S/C25H24N10O3/c1-16-3-2-11-26-19(16)15-33-13-9-25(10-14-33)22(37)34(24(38)35(25)23-27-12-8-20(36)28-23)18-6-4-17(5-7-18)21-29-31-32-30-21/h2-8,11-12H,9-10,13-15H2,1H3,(H,27,28,36)(H,29,30,31,32). The van der Waals surface area contributed by atoms with Gasteiger partial charge >= 0.3 is 6.03 Å². The number of hydrogen-bond donors (Lipinski definition) is 2. The van der Waals surface area contributed by atoms with E-state index in [1.165, 1.54) is 17.2 Å². The first-order valence-electron chi connectivity index (χ1n) is 12.2. The van der Waals surface area contributed by atoms with Gasteiger partial charge < -0.3 is 0 Å². The average molecular weight is 513 g/mol. The Morgan fingerprint density at radius 1 is 0.974 bits per heavy atom. The van der Waals surface area contributed by atoms with Crippen LogP contribution in [-0.2, 0) is 11.3 Å². The maximum Gasteiger partial charge on any atom is 0.339 e. The van der Waals surface area contributed by atoms with E-state index in [-0.39, 0.29) is 11.9 Å². The van der Waals surface area contributed by atoms with Crippen molar-refractivity contribution in [1.82, 2.24) is 40.5 Å². The van der Waals surface area contributed by atoms with E-state index in [4.69, 9.17) is 0 Å². The molecular weight excluding hydrogens is 488 g/mol. The highest BCUT2D eigenvalue weighted by atomic mass is 16.2. The van der Waals surface area contributed by atoms with Gasteiger partial charge in [0.05, 0.1) is 11.4 Å². The number of hydrogen-bond acceptors (Lipinski definition) is 9. The zero-order valence-corrected chi connectivity index (χ0v) is 20.5. The van der Waals surface area contributed by atoms with Crippen molar-refractivity contribution >= 4 is 23.6 Å². The number of tetrazole rings is 1. The second-order valence-corrected chi connectivity index (χ2v) is 9.37. The van der Waals surface area contributed by atoms with Crippen LogP contribution in [0.3, 0.4) is 0 Å². The Bertz CT molecular complexity index is 1540. The lowest BCUT2D eigenvalue weighted by Gasteiger charge is -2.41. The lowest BCUT2D eigenvalue weighted by atomic mass is 9.85. The monoisotopic (exact) mass is 512 g/mol. The number of carbonyl (C=O) groups is 2. The highest BCUT2D eigenvalue weighted by molar-refractivity contribution is 6.30. The topological polar surface area (TPSA) is 157 Å². The van der Waals surface area contributed by atoms with Crippen LogP contribution in [0, 0.1) is 6.92 Å². The summed E-state index contributed by atoms with van der Waals surface area (Å²) in [5.41, 5.74) is 1.57. The number of benzene rings is 1. The van der Waals surface area contributed by atoms with Crippen LogP contribution in [0.25, 0.3) is 11.4 Å². The Balaban J connectivity index is 1.33. The molecule has 13 nitrogen and oxygen atoms in total. The Kier molecular flexibility index (Phi) is 5.76. The van der Waals surface area contributed by atoms with E-state index in [1.807, 2.05) is 19.1 Å². The number of likely N-dealkylation sites (tertiary alicyclic amines) is 1. The molecule has 1 spiro atoms. The molecule has 2 aliphatic heterocycles. The summed E-state index contributed by atoms with van der Waals surface area (Å²) in [6.07, 6.45) is 3.86. The maximum atomic E-state index is 14.1. The van der Waals surface area contributed by atoms with Gasteiger partial charge in [0, 0.05) is 43.7 Å². The third kappa shape index (κ3) is 3.93. The molecule has 3 amide bonds. The van der Waals surface area contributed by atoms with E-state index < -0.39 is 17.1 Å². The average Bonchev–Trinajstić information content (AvgIpc) is 3.53. The van der Waals surface area contributed by atoms with Crippen LogP contribution in [0.2, 0.25) is 0 Å². The van der Waals surface area contributed by atoms with Crippen LogP contribution in [0.15, 0.2) is 59.7 Å². The van der Waals surface area contributed by atoms with Gasteiger partial charge in [0.25, 0.3) is 11.5 Å². The molecule has 2 fully saturated rings. The molecule has 4 aromatic rings. The summed E-state index contributed by atoms with van der Waals surface area (Å²) in [4.78, 5) is 56.2. The quantitative estimate of drug-likeness (QED) is 0.380. The number of pyridine rings is 1. The van der Waals surface area contributed by atoms with E-state index >= 15 is 0 Å². The van der Waals surface area contributed by atoms with Gasteiger partial charge in [-0.1, -0.05) is 6.07 Å². The normalized spacial score (nSPS) is 17.5. The summed E-state index contributed by atoms with van der Waals surface area (Å²) in [5.74, 6) is 0.0982. The van der Waals surface area contributed by atoms with Crippen molar-refractivity contribution in [2.45, 2.75) is 31.8 Å². The summed E-state index contributed by atoms with van der Waals surface area (Å²) < 4.78 is 0. The number of aromatic nitrogens is 7. The van der Waals surface area contributed by atoms with Crippen molar-refractivity contribution in [3.63, 3.8) is 0 Å². The number of urea groups is 1. The molecule has 0 unspecified atom stereocenters. The highest BCUT2D eigenvalue weighted by Gasteiger charge is 2.60. The summed E-state index contributed by atoms with van der Waals surface area (Å²) in [6.45, 7) is 3.79. The number of amides is 3. The number of nitrogens with one attached hydrogen (secondary N) is 2. The van der Waals surface area contributed by atoms with Gasteiger partial charge in [-0.15, -0.1) is 10.2 Å². The van der Waals surface area contributed by atoms with E-state index in [0.29, 0.717) is 49.6 Å². The van der Waals surface area contributed by atoms with Gasteiger partial charge in [0.2, 0.25) is 11.8 Å². The summed E-state index contributed by atoms with van der Waals surface area (Å²) in [6, 6.07) is 11.4. The van der Waals surface area contributed by atoms with Gasteiger partial charge in [0.15, 0.2) is 0 Å². The first-order valence-corrected chi connectivity index (χ1v) is 12.2. The van der Waals surface area contributed by atoms with Gasteiger partial charge in [-0.3, -0.25) is 24.5 Å². The number of carbonyl (C=O) groups excluding carboxylic acids is 2. The molecule has 2 saturated heterocycles. The van der Waals surface area contributed by atoms with Crippen molar-refractivity contribution in [2.75, 3.05) is 22.9 Å². The molecule has 192 valence electrons. The number of rotatable bonds is 5. The van der Waals surface area contributed by atoms with Gasteiger partial charge in [-0.25, -0.2) is 19.6 Å². The van der Waals surface area contributed by atoms with Gasteiger partial charge in [-0.05, 0) is 60.9 Å². The molecule has 13 heteroatoms. The number of aromatic amines is 2. The molecule has 0 atom stereocenters. The van der Waals surface area contributed by atoms with Crippen LogP contribution >= 0.6 is 0 Å². The minimum atomic E-state index is -1.18. The van der Waals surface area contributed by atoms with Crippen LogP contribution in [-0.4, -0.2) is 71.0 Å². The van der Waals surface area contributed by atoms with Crippen molar-refractivity contribution in [3.05, 3.63) is 76.5 Å². The molecule has 0 aliphatic carbocycles. The minimum absolute atomic E-state index is 0.0517. The number of aryl methyl sites for hydroxylation is 1. The number of H-pyrrole nitrogens is 2. The fourth-order valence-electron chi connectivity index (χ4n) is 5.13. The lowest BCUT2D eigenvalue weighted by Crippen LogP contribution is -2.57. The summed E-state index contributed by atoms with van der Waals surface area (Å²) in [7, 11) is 0. The maximum absolute atomic E-state index is 14.1. The second kappa shape index (κ2) is 9.27. The minimum Gasteiger partial charge on any atom is -0.297 e. The Hall–Kier alpha value is -4.78. The van der Waals surface area contributed by atoms with Crippen LogP contribution in [0.5, 0.6) is 0 Å². The second-order valence-electron chi connectivity index (χ2n) is 9.37. The molecule has 0 saturated carbocycles. The predicted molar refractivity (Wildman–Crippen MR) is 136 cm³/mol. The molecule has 0 radical (unpaired) electrons. The predicted octanol–water partition coefficient (Wildman–Crippen LogP) is 1.66. The van der Waals surface area contributed by atoms with Crippen LogP contribution < -0.4 is 15.4 Å². The van der Waals surface area contributed by atoms with Crippen molar-refractivity contribution in [1.29, 1.82) is 0 Å². The number of nitrogens with zero attached hydrogens (tertiary/aromatic N) is 8. The Morgan fingerprint density at radius 3 is 2.45 bits per heavy atom. The van der Waals surface area contributed by atoms with E-state index in [2.05, 4.69) is 40.5 Å². The molecule has 0 bridgehead atoms. The molecule has 5 heterocycles. The number of anilines is 2. The molecule has 6 rings (SSSR count). The first-order chi connectivity index (χ1) is 18.5. The number of piperidine rings is 1. The molecule has 3 aromatic heterocycles. The third-order valence-electron chi connectivity index (χ3n) is 7.18. The van der Waals surface area contributed by atoms with Crippen molar-refractivity contribution < 1.29 is 9.59 Å². The fraction of sp³-hybridized carbons (Fsp3) is 0.280. The van der Waals surface area contributed by atoms with E-state index in [0.717, 1.165) is 16.2 Å².